The zero-order chi connectivity index (χ0) is 17.6. The highest BCUT2D eigenvalue weighted by Gasteiger charge is 1.93. The molecule has 0 aromatic carbocycles. The zero-order valence-electron chi connectivity index (χ0n) is 16.1. The third-order valence-corrected chi connectivity index (χ3v) is 4.72. The van der Waals surface area contributed by atoms with Crippen LogP contribution in [0.25, 0.3) is 0 Å². The number of rotatable bonds is 20. The lowest BCUT2D eigenvalue weighted by Gasteiger charge is -2.05. The second-order valence-corrected chi connectivity index (χ2v) is 7.35. The summed E-state index contributed by atoms with van der Waals surface area (Å²) in [7, 11) is 0. The van der Waals surface area contributed by atoms with Crippen LogP contribution in [0.2, 0.25) is 0 Å². The van der Waals surface area contributed by atoms with Gasteiger partial charge in [0.25, 0.3) is 0 Å². The molecule has 0 saturated heterocycles. The van der Waals surface area contributed by atoms with E-state index in [1.54, 1.807) is 0 Å². The van der Waals surface area contributed by atoms with Crippen LogP contribution in [0.3, 0.4) is 0 Å². The van der Waals surface area contributed by atoms with Crippen molar-refractivity contribution in [2.75, 3.05) is 25.3 Å². The summed E-state index contributed by atoms with van der Waals surface area (Å²) in [6.07, 6.45) is 22.8. The molecule has 0 heterocycles. The number of hydrogen-bond acceptors (Lipinski definition) is 2. The summed E-state index contributed by atoms with van der Waals surface area (Å²) in [5.41, 5.74) is 0. The van der Waals surface area contributed by atoms with Crippen molar-refractivity contribution < 1.29 is 9.47 Å². The van der Waals surface area contributed by atoms with Crippen LogP contribution in [-0.2, 0) is 9.47 Å². The van der Waals surface area contributed by atoms with E-state index in [9.17, 15) is 0 Å². The van der Waals surface area contributed by atoms with E-state index in [2.05, 4.69) is 35.0 Å². The Morgan fingerprint density at radius 3 is 1.96 bits per heavy atom. The van der Waals surface area contributed by atoms with Crippen molar-refractivity contribution in [3.8, 4) is 0 Å². The molecule has 0 aromatic heterocycles. The van der Waals surface area contributed by atoms with Gasteiger partial charge in [-0.1, -0.05) is 92.8 Å². The van der Waals surface area contributed by atoms with E-state index in [-0.39, 0.29) is 0 Å². The highest BCUT2D eigenvalue weighted by Crippen LogP contribution is 2.08. The first-order valence-corrected chi connectivity index (χ1v) is 11.4. The van der Waals surface area contributed by atoms with Crippen LogP contribution in [0.1, 0.15) is 96.8 Å². The van der Waals surface area contributed by atoms with Gasteiger partial charge in [-0.3, -0.25) is 0 Å². The van der Waals surface area contributed by atoms with Gasteiger partial charge in [-0.25, -0.2) is 0 Å². The zero-order valence-corrected chi connectivity index (χ0v) is 17.7. The van der Waals surface area contributed by atoms with Gasteiger partial charge < -0.3 is 9.47 Å². The Labute approximate surface area is 159 Å². The van der Waals surface area contributed by atoms with E-state index in [1.807, 2.05) is 0 Å². The molecular formula is C21H41BrO2. The standard InChI is InChI=1S/C21H41BrO2/c1-2-3-4-5-6-10-13-16-19-23-21-24-20-17-14-11-8-7-9-12-15-18-22/h11,14H,2-10,12-13,15-21H2,1H3. The first-order chi connectivity index (χ1) is 11.9. The molecule has 0 aromatic rings. The van der Waals surface area contributed by atoms with Crippen molar-refractivity contribution in [1.29, 1.82) is 0 Å². The Morgan fingerprint density at radius 2 is 1.21 bits per heavy atom. The largest absolute Gasteiger partial charge is 0.355 e. The Balaban J connectivity index is 3.02. The summed E-state index contributed by atoms with van der Waals surface area (Å²) in [4.78, 5) is 0. The molecule has 0 N–H and O–H groups in total. The Bertz CT molecular complexity index is 244. The Morgan fingerprint density at radius 1 is 0.625 bits per heavy atom. The fourth-order valence-corrected chi connectivity index (χ4v) is 3.01. The fourth-order valence-electron chi connectivity index (χ4n) is 2.61. The summed E-state index contributed by atoms with van der Waals surface area (Å²) < 4.78 is 11.0. The molecule has 0 fully saturated rings. The smallest absolute Gasteiger partial charge is 0.146 e. The minimum atomic E-state index is 0.455. The number of alkyl halides is 1. The van der Waals surface area contributed by atoms with Crippen LogP contribution < -0.4 is 0 Å². The molecule has 2 nitrogen and oxygen atoms in total. The quantitative estimate of drug-likeness (QED) is 0.0909. The molecule has 0 unspecified atom stereocenters. The van der Waals surface area contributed by atoms with Crippen LogP contribution in [-0.4, -0.2) is 25.3 Å². The van der Waals surface area contributed by atoms with Crippen molar-refractivity contribution in [3.63, 3.8) is 0 Å². The van der Waals surface area contributed by atoms with E-state index in [0.29, 0.717) is 6.79 Å². The van der Waals surface area contributed by atoms with Gasteiger partial charge in [0.05, 0.1) is 6.61 Å². The maximum Gasteiger partial charge on any atom is 0.146 e. The predicted molar refractivity (Wildman–Crippen MR) is 110 cm³/mol. The number of ether oxygens (including phenoxy) is 2. The molecule has 3 heteroatoms. The minimum Gasteiger partial charge on any atom is -0.355 e. The molecular weight excluding hydrogens is 364 g/mol. The second kappa shape index (κ2) is 23.1. The predicted octanol–water partition coefficient (Wildman–Crippen LogP) is 7.41. The number of allylic oxidation sites excluding steroid dienone is 1. The fraction of sp³-hybridized carbons (Fsp3) is 0.905. The van der Waals surface area contributed by atoms with Crippen molar-refractivity contribution in [1.82, 2.24) is 0 Å². The summed E-state index contributed by atoms with van der Waals surface area (Å²) in [6, 6.07) is 0. The molecule has 0 rings (SSSR count). The van der Waals surface area contributed by atoms with Crippen molar-refractivity contribution in [3.05, 3.63) is 12.2 Å². The van der Waals surface area contributed by atoms with Gasteiger partial charge in [0.1, 0.15) is 6.79 Å². The average molecular weight is 405 g/mol. The van der Waals surface area contributed by atoms with Gasteiger partial charge in [-0.15, -0.1) is 0 Å². The number of halogens is 1. The van der Waals surface area contributed by atoms with Gasteiger partial charge in [0, 0.05) is 11.9 Å². The molecule has 0 radical (unpaired) electrons. The minimum absolute atomic E-state index is 0.455. The number of hydrogen-bond donors (Lipinski definition) is 0. The first kappa shape index (κ1) is 24.1. The lowest BCUT2D eigenvalue weighted by Crippen LogP contribution is -2.02. The summed E-state index contributed by atoms with van der Waals surface area (Å²) >= 11 is 3.47. The van der Waals surface area contributed by atoms with Crippen LogP contribution >= 0.6 is 15.9 Å². The molecule has 0 spiro atoms. The normalized spacial score (nSPS) is 11.6. The Kier molecular flexibility index (Phi) is 23.3. The van der Waals surface area contributed by atoms with E-state index in [1.165, 1.54) is 83.5 Å². The lowest BCUT2D eigenvalue weighted by atomic mass is 10.1. The van der Waals surface area contributed by atoms with E-state index in [4.69, 9.17) is 9.47 Å². The molecule has 0 bridgehead atoms. The molecule has 0 saturated carbocycles. The Hall–Kier alpha value is 0.140. The average Bonchev–Trinajstić information content (AvgIpc) is 2.60. The van der Waals surface area contributed by atoms with Gasteiger partial charge in [-0.2, -0.15) is 0 Å². The molecule has 0 aliphatic heterocycles. The van der Waals surface area contributed by atoms with Crippen LogP contribution in [0, 0.1) is 0 Å². The van der Waals surface area contributed by atoms with Crippen LogP contribution in [0.4, 0.5) is 0 Å². The monoisotopic (exact) mass is 404 g/mol. The molecule has 144 valence electrons. The topological polar surface area (TPSA) is 18.5 Å². The SMILES string of the molecule is CCCCCCCCCCOCOCCC=CCCCCCCBr. The lowest BCUT2D eigenvalue weighted by molar-refractivity contribution is -0.0531. The van der Waals surface area contributed by atoms with Gasteiger partial charge in [-0.05, 0) is 32.1 Å². The molecule has 0 aliphatic carbocycles. The third kappa shape index (κ3) is 22.1. The first-order valence-electron chi connectivity index (χ1n) is 10.3. The van der Waals surface area contributed by atoms with Crippen LogP contribution in [0.5, 0.6) is 0 Å². The highest BCUT2D eigenvalue weighted by atomic mass is 79.9. The summed E-state index contributed by atoms with van der Waals surface area (Å²) in [5.74, 6) is 0. The van der Waals surface area contributed by atoms with Crippen molar-refractivity contribution in [2.24, 2.45) is 0 Å². The maximum atomic E-state index is 5.51. The molecule has 24 heavy (non-hydrogen) atoms. The van der Waals surface area contributed by atoms with Gasteiger partial charge in [0.15, 0.2) is 0 Å². The van der Waals surface area contributed by atoms with Crippen molar-refractivity contribution in [2.45, 2.75) is 96.8 Å². The van der Waals surface area contributed by atoms with Gasteiger partial charge in [0.2, 0.25) is 0 Å². The number of unbranched alkanes of at least 4 members (excludes halogenated alkanes) is 11. The summed E-state index contributed by atoms with van der Waals surface area (Å²) in [6.45, 7) is 4.34. The second-order valence-electron chi connectivity index (χ2n) is 6.56. The molecule has 0 atom stereocenters. The summed E-state index contributed by atoms with van der Waals surface area (Å²) in [5, 5.41) is 1.14. The van der Waals surface area contributed by atoms with E-state index >= 15 is 0 Å². The van der Waals surface area contributed by atoms with E-state index < -0.39 is 0 Å². The van der Waals surface area contributed by atoms with Crippen LogP contribution in [0.15, 0.2) is 12.2 Å². The van der Waals surface area contributed by atoms with Crippen molar-refractivity contribution >= 4 is 15.9 Å². The molecule has 0 amide bonds. The molecule has 0 aliphatic rings. The third-order valence-electron chi connectivity index (χ3n) is 4.16. The van der Waals surface area contributed by atoms with E-state index in [0.717, 1.165) is 25.0 Å². The maximum absolute atomic E-state index is 5.51. The van der Waals surface area contributed by atoms with Gasteiger partial charge >= 0.3 is 0 Å². The highest BCUT2D eigenvalue weighted by molar-refractivity contribution is 9.09.